The molecule has 0 radical (unpaired) electrons. The molecule has 1 amide bonds. The van der Waals surface area contributed by atoms with Crippen LogP contribution >= 0.6 is 11.6 Å². The van der Waals surface area contributed by atoms with E-state index in [-0.39, 0.29) is 19.1 Å². The highest BCUT2D eigenvalue weighted by Crippen LogP contribution is 2.21. The summed E-state index contributed by atoms with van der Waals surface area (Å²) in [6.07, 6.45) is 0. The van der Waals surface area contributed by atoms with Crippen molar-refractivity contribution in [2.75, 3.05) is 11.9 Å². The molecule has 0 fully saturated rings. The lowest BCUT2D eigenvalue weighted by molar-refractivity contribution is -0.121. The SMILES string of the molecule is Cc1cc(=O)oc2cc(NC(=O)COCc3ccccc3Cl)ccc12. The van der Waals surface area contributed by atoms with Crippen LogP contribution in [0, 0.1) is 6.92 Å². The number of hydrogen-bond acceptors (Lipinski definition) is 4. The number of rotatable bonds is 5. The molecule has 0 spiro atoms. The lowest BCUT2D eigenvalue weighted by Gasteiger charge is -2.08. The second-order valence-corrected chi connectivity index (χ2v) is 6.00. The third-order valence-corrected chi connectivity index (χ3v) is 4.05. The maximum Gasteiger partial charge on any atom is 0.336 e. The van der Waals surface area contributed by atoms with Gasteiger partial charge >= 0.3 is 5.63 Å². The van der Waals surface area contributed by atoms with Crippen LogP contribution < -0.4 is 10.9 Å². The number of ether oxygens (including phenoxy) is 1. The second-order valence-electron chi connectivity index (χ2n) is 5.59. The Morgan fingerprint density at radius 1 is 1.20 bits per heavy atom. The van der Waals surface area contributed by atoms with Crippen molar-refractivity contribution in [2.45, 2.75) is 13.5 Å². The molecule has 1 aromatic heterocycles. The van der Waals surface area contributed by atoms with Crippen molar-refractivity contribution in [2.24, 2.45) is 0 Å². The number of halogens is 1. The molecular weight excluding hydrogens is 342 g/mol. The van der Waals surface area contributed by atoms with Crippen LogP contribution in [0.5, 0.6) is 0 Å². The smallest absolute Gasteiger partial charge is 0.336 e. The highest BCUT2D eigenvalue weighted by Gasteiger charge is 2.07. The van der Waals surface area contributed by atoms with Gasteiger partial charge in [0.15, 0.2) is 0 Å². The number of aryl methyl sites for hydroxylation is 1. The zero-order chi connectivity index (χ0) is 17.8. The van der Waals surface area contributed by atoms with Crippen LogP contribution in [0.25, 0.3) is 11.0 Å². The van der Waals surface area contributed by atoms with Gasteiger partial charge in [0.2, 0.25) is 5.91 Å². The van der Waals surface area contributed by atoms with Crippen molar-refractivity contribution < 1.29 is 13.9 Å². The molecule has 0 saturated carbocycles. The molecule has 3 aromatic rings. The maximum absolute atomic E-state index is 12.0. The Morgan fingerprint density at radius 3 is 2.80 bits per heavy atom. The zero-order valence-electron chi connectivity index (χ0n) is 13.5. The van der Waals surface area contributed by atoms with Gasteiger partial charge in [-0.2, -0.15) is 0 Å². The number of benzene rings is 2. The quantitative estimate of drug-likeness (QED) is 0.703. The predicted octanol–water partition coefficient (Wildman–Crippen LogP) is 3.91. The van der Waals surface area contributed by atoms with E-state index >= 15 is 0 Å². The summed E-state index contributed by atoms with van der Waals surface area (Å²) in [5, 5.41) is 4.14. The molecule has 3 rings (SSSR count). The highest BCUT2D eigenvalue weighted by molar-refractivity contribution is 6.31. The Labute approximate surface area is 149 Å². The zero-order valence-corrected chi connectivity index (χ0v) is 14.3. The van der Waals surface area contributed by atoms with Gasteiger partial charge in [-0.05, 0) is 36.2 Å². The number of carbonyl (C=O) groups is 1. The average molecular weight is 358 g/mol. The highest BCUT2D eigenvalue weighted by atomic mass is 35.5. The first kappa shape index (κ1) is 17.2. The van der Waals surface area contributed by atoms with Gasteiger partial charge in [-0.15, -0.1) is 0 Å². The number of amides is 1. The van der Waals surface area contributed by atoms with Crippen molar-refractivity contribution in [3.05, 3.63) is 75.1 Å². The number of nitrogens with one attached hydrogen (secondary N) is 1. The minimum absolute atomic E-state index is 0.110. The molecule has 128 valence electrons. The topological polar surface area (TPSA) is 68.5 Å². The fourth-order valence-electron chi connectivity index (χ4n) is 2.47. The van der Waals surface area contributed by atoms with Crippen molar-refractivity contribution in [3.63, 3.8) is 0 Å². The van der Waals surface area contributed by atoms with Crippen LogP contribution in [0.15, 0.2) is 57.7 Å². The summed E-state index contributed by atoms with van der Waals surface area (Å²) in [6, 6.07) is 13.9. The Hall–Kier alpha value is -2.63. The van der Waals surface area contributed by atoms with E-state index in [9.17, 15) is 9.59 Å². The summed E-state index contributed by atoms with van der Waals surface area (Å²) in [6.45, 7) is 1.97. The van der Waals surface area contributed by atoms with E-state index in [1.165, 1.54) is 6.07 Å². The van der Waals surface area contributed by atoms with Gasteiger partial charge in [-0.25, -0.2) is 4.79 Å². The van der Waals surface area contributed by atoms with Crippen molar-refractivity contribution in [3.8, 4) is 0 Å². The molecule has 1 N–H and O–H groups in total. The molecule has 1 heterocycles. The van der Waals surface area contributed by atoms with Crippen molar-refractivity contribution in [1.29, 1.82) is 0 Å². The van der Waals surface area contributed by atoms with E-state index in [0.717, 1.165) is 16.5 Å². The van der Waals surface area contributed by atoms with E-state index in [4.69, 9.17) is 20.8 Å². The fourth-order valence-corrected chi connectivity index (χ4v) is 2.66. The Balaban J connectivity index is 1.62. The van der Waals surface area contributed by atoms with E-state index in [1.807, 2.05) is 25.1 Å². The number of hydrogen-bond donors (Lipinski definition) is 1. The first-order valence-corrected chi connectivity index (χ1v) is 8.06. The molecule has 0 aliphatic rings. The Bertz CT molecular complexity index is 981. The number of carbonyl (C=O) groups excluding carboxylic acids is 1. The monoisotopic (exact) mass is 357 g/mol. The molecule has 0 unspecified atom stereocenters. The van der Waals surface area contributed by atoms with Gasteiger partial charge in [-0.1, -0.05) is 29.8 Å². The normalized spacial score (nSPS) is 10.8. The molecule has 25 heavy (non-hydrogen) atoms. The summed E-state index contributed by atoms with van der Waals surface area (Å²) in [5.74, 6) is -0.304. The fraction of sp³-hybridized carbons (Fsp3) is 0.158. The van der Waals surface area contributed by atoms with Crippen molar-refractivity contribution >= 4 is 34.2 Å². The molecule has 0 saturated heterocycles. The molecule has 0 aliphatic heterocycles. The lowest BCUT2D eigenvalue weighted by atomic mass is 10.1. The number of fused-ring (bicyclic) bond motifs is 1. The molecule has 5 nitrogen and oxygen atoms in total. The van der Waals surface area contributed by atoms with Crippen LogP contribution in [0.3, 0.4) is 0 Å². The van der Waals surface area contributed by atoms with Gasteiger partial charge < -0.3 is 14.5 Å². The molecule has 2 aromatic carbocycles. The first-order chi connectivity index (χ1) is 12.0. The minimum atomic E-state index is -0.420. The summed E-state index contributed by atoms with van der Waals surface area (Å²) in [7, 11) is 0. The van der Waals surface area contributed by atoms with Gasteiger partial charge in [0.05, 0.1) is 6.61 Å². The van der Waals surface area contributed by atoms with E-state index in [1.54, 1.807) is 24.3 Å². The van der Waals surface area contributed by atoms with E-state index < -0.39 is 5.63 Å². The summed E-state index contributed by atoms with van der Waals surface area (Å²) in [4.78, 5) is 23.5. The first-order valence-electron chi connectivity index (χ1n) is 7.68. The molecule has 0 aliphatic carbocycles. The van der Waals surface area contributed by atoms with Crippen LogP contribution in [0.4, 0.5) is 5.69 Å². The minimum Gasteiger partial charge on any atom is -0.423 e. The molecular formula is C19H16ClNO4. The Kier molecular flexibility index (Phi) is 5.16. The van der Waals surface area contributed by atoms with Crippen molar-refractivity contribution in [1.82, 2.24) is 0 Å². The van der Waals surface area contributed by atoms with E-state index in [2.05, 4.69) is 5.32 Å². The maximum atomic E-state index is 12.0. The Morgan fingerprint density at radius 2 is 2.00 bits per heavy atom. The summed E-state index contributed by atoms with van der Waals surface area (Å²) < 4.78 is 10.6. The third kappa shape index (κ3) is 4.26. The average Bonchev–Trinajstić information content (AvgIpc) is 2.56. The number of anilines is 1. The molecule has 0 atom stereocenters. The standard InChI is InChI=1S/C19H16ClNO4/c1-12-8-19(23)25-17-9-14(6-7-15(12)17)21-18(22)11-24-10-13-4-2-3-5-16(13)20/h2-9H,10-11H2,1H3,(H,21,22). The molecule has 0 bridgehead atoms. The largest absolute Gasteiger partial charge is 0.423 e. The summed E-state index contributed by atoms with van der Waals surface area (Å²) in [5.41, 5.74) is 2.19. The second kappa shape index (κ2) is 7.51. The summed E-state index contributed by atoms with van der Waals surface area (Å²) >= 11 is 6.03. The van der Waals surface area contributed by atoms with Gasteiger partial charge in [0.25, 0.3) is 0 Å². The molecule has 6 heteroatoms. The van der Waals surface area contributed by atoms with Crippen LogP contribution in [-0.2, 0) is 16.1 Å². The third-order valence-electron chi connectivity index (χ3n) is 3.68. The predicted molar refractivity (Wildman–Crippen MR) is 97.0 cm³/mol. The lowest BCUT2D eigenvalue weighted by Crippen LogP contribution is -2.18. The van der Waals surface area contributed by atoms with Gasteiger partial charge in [0.1, 0.15) is 12.2 Å². The van der Waals surface area contributed by atoms with Crippen LogP contribution in [-0.4, -0.2) is 12.5 Å². The van der Waals surface area contributed by atoms with Crippen LogP contribution in [0.1, 0.15) is 11.1 Å². The van der Waals surface area contributed by atoms with Crippen LogP contribution in [0.2, 0.25) is 5.02 Å². The van der Waals surface area contributed by atoms with Gasteiger partial charge in [-0.3, -0.25) is 4.79 Å². The van der Waals surface area contributed by atoms with E-state index in [0.29, 0.717) is 16.3 Å². The van der Waals surface area contributed by atoms with Gasteiger partial charge in [0, 0.05) is 28.2 Å².